The van der Waals surface area contributed by atoms with Crippen LogP contribution in [0.4, 0.5) is 0 Å². The molecule has 0 unspecified atom stereocenters. The third-order valence-corrected chi connectivity index (χ3v) is 5.32. The van der Waals surface area contributed by atoms with E-state index in [0.717, 1.165) is 6.07 Å². The Balaban J connectivity index is 1.75. The minimum atomic E-state index is -1.24. The molecule has 0 aliphatic heterocycles. The second-order valence-corrected chi connectivity index (χ2v) is 8.04. The summed E-state index contributed by atoms with van der Waals surface area (Å²) in [6.45, 7) is 3.22. The van der Waals surface area contributed by atoms with Crippen molar-refractivity contribution in [2.45, 2.75) is 13.8 Å². The third kappa shape index (κ3) is 5.75. The van der Waals surface area contributed by atoms with E-state index in [1.165, 1.54) is 24.4 Å². The number of carbonyl (C=O) groups is 3. The zero-order valence-corrected chi connectivity index (χ0v) is 19.5. The van der Waals surface area contributed by atoms with Crippen molar-refractivity contribution < 1.29 is 29.3 Å². The molecule has 176 valence electrons. The van der Waals surface area contributed by atoms with Crippen molar-refractivity contribution in [1.82, 2.24) is 9.99 Å². The lowest BCUT2D eigenvalue weighted by atomic mass is 10.1. The summed E-state index contributed by atoms with van der Waals surface area (Å²) in [5.74, 6) is -2.69. The highest BCUT2D eigenvalue weighted by molar-refractivity contribution is 6.35. The molecule has 3 aromatic rings. The molecule has 3 rings (SSSR count). The first kappa shape index (κ1) is 24.8. The first-order valence-corrected chi connectivity index (χ1v) is 10.5. The Morgan fingerprint density at radius 1 is 1.03 bits per heavy atom. The van der Waals surface area contributed by atoms with Crippen LogP contribution in [0, 0.1) is 13.8 Å². The normalized spacial score (nSPS) is 10.9. The zero-order chi connectivity index (χ0) is 25.0. The number of carboxylic acid groups (broad SMARTS) is 2. The first-order chi connectivity index (χ1) is 16.1. The number of carbonyl (C=O) groups excluding carboxylic acids is 1. The fraction of sp³-hybridized carbons (Fsp3) is 0.130. The van der Waals surface area contributed by atoms with Crippen LogP contribution in [0.5, 0.6) is 5.75 Å². The summed E-state index contributed by atoms with van der Waals surface area (Å²) in [7, 11) is 0. The number of ether oxygens (including phenoxy) is 1. The molecular weight excluding hydrogens is 485 g/mol. The molecule has 0 radical (unpaired) electrons. The number of aromatic carboxylic acids is 2. The van der Waals surface area contributed by atoms with Crippen molar-refractivity contribution in [3.05, 3.63) is 80.6 Å². The second kappa shape index (κ2) is 10.4. The predicted molar refractivity (Wildman–Crippen MR) is 127 cm³/mol. The van der Waals surface area contributed by atoms with E-state index in [-0.39, 0.29) is 22.8 Å². The zero-order valence-electron chi connectivity index (χ0n) is 18.0. The van der Waals surface area contributed by atoms with Crippen LogP contribution < -0.4 is 10.2 Å². The van der Waals surface area contributed by atoms with E-state index in [2.05, 4.69) is 10.5 Å². The highest BCUT2D eigenvalue weighted by atomic mass is 35.5. The molecule has 34 heavy (non-hydrogen) atoms. The summed E-state index contributed by atoms with van der Waals surface area (Å²) in [5, 5.41) is 23.3. The Kier molecular flexibility index (Phi) is 7.60. The van der Waals surface area contributed by atoms with Gasteiger partial charge in [0.1, 0.15) is 5.75 Å². The van der Waals surface area contributed by atoms with E-state index in [9.17, 15) is 24.6 Å². The molecule has 0 saturated heterocycles. The van der Waals surface area contributed by atoms with Crippen LogP contribution in [0.15, 0.2) is 47.6 Å². The van der Waals surface area contributed by atoms with Crippen LogP contribution in [0.25, 0.3) is 5.69 Å². The molecule has 0 bridgehead atoms. The van der Waals surface area contributed by atoms with Gasteiger partial charge in [0.05, 0.1) is 22.4 Å². The van der Waals surface area contributed by atoms with Gasteiger partial charge < -0.3 is 19.5 Å². The number of hydrogen-bond acceptors (Lipinski definition) is 5. The number of amides is 1. The van der Waals surface area contributed by atoms with E-state index in [1.807, 2.05) is 0 Å². The van der Waals surface area contributed by atoms with Gasteiger partial charge in [-0.1, -0.05) is 23.2 Å². The predicted octanol–water partition coefficient (Wildman–Crippen LogP) is 4.33. The highest BCUT2D eigenvalue weighted by Crippen LogP contribution is 2.27. The summed E-state index contributed by atoms with van der Waals surface area (Å²) in [6.07, 6.45) is 1.42. The lowest BCUT2D eigenvalue weighted by Gasteiger charge is -2.12. The van der Waals surface area contributed by atoms with Crippen LogP contribution in [-0.2, 0) is 4.79 Å². The molecule has 0 fully saturated rings. The van der Waals surface area contributed by atoms with E-state index in [0.29, 0.717) is 33.4 Å². The largest absolute Gasteiger partial charge is 0.482 e. The minimum Gasteiger partial charge on any atom is -0.482 e. The molecule has 1 amide bonds. The molecule has 0 aliphatic carbocycles. The third-order valence-electron chi connectivity index (χ3n) is 4.79. The number of halogens is 2. The SMILES string of the molecule is Cc1cc(/C=N/NC(=O)COc2ccc(Cl)cc2Cl)c(C)n1-c1cc(C(=O)O)cc(C(=O)O)c1. The van der Waals surface area contributed by atoms with E-state index in [4.69, 9.17) is 27.9 Å². The van der Waals surface area contributed by atoms with Gasteiger partial charge in [0.2, 0.25) is 0 Å². The van der Waals surface area contributed by atoms with Crippen LogP contribution in [0.2, 0.25) is 10.0 Å². The number of hydrogen-bond donors (Lipinski definition) is 3. The van der Waals surface area contributed by atoms with E-state index < -0.39 is 17.8 Å². The van der Waals surface area contributed by atoms with Gasteiger partial charge in [0.25, 0.3) is 5.91 Å². The van der Waals surface area contributed by atoms with E-state index >= 15 is 0 Å². The van der Waals surface area contributed by atoms with Crippen molar-refractivity contribution in [2.75, 3.05) is 6.61 Å². The summed E-state index contributed by atoms with van der Waals surface area (Å²) >= 11 is 11.8. The molecule has 9 nitrogen and oxygen atoms in total. The Morgan fingerprint density at radius 3 is 2.26 bits per heavy atom. The number of hydrazone groups is 1. The Bertz CT molecular complexity index is 1280. The number of aromatic nitrogens is 1. The van der Waals surface area contributed by atoms with Gasteiger partial charge in [0.15, 0.2) is 6.61 Å². The Labute approximate surface area is 204 Å². The molecule has 1 heterocycles. The lowest BCUT2D eigenvalue weighted by Crippen LogP contribution is -2.24. The monoisotopic (exact) mass is 503 g/mol. The standard InChI is InChI=1S/C23H19Cl2N3O6/c1-12-5-16(10-26-27-21(29)11-34-20-4-3-17(24)9-19(20)25)13(2)28(12)18-7-14(22(30)31)6-15(8-18)23(32)33/h3-10H,11H2,1-2H3,(H,27,29)(H,30,31)(H,32,33)/b26-10+. The number of rotatable bonds is 8. The molecule has 0 spiro atoms. The Hall–Kier alpha value is -3.82. The summed E-state index contributed by atoms with van der Waals surface area (Å²) < 4.78 is 7.05. The summed E-state index contributed by atoms with van der Waals surface area (Å²) in [5.41, 5.74) is 4.45. The number of benzene rings is 2. The van der Waals surface area contributed by atoms with Gasteiger partial charge in [-0.15, -0.1) is 0 Å². The Morgan fingerprint density at radius 2 is 1.68 bits per heavy atom. The van der Waals surface area contributed by atoms with Gasteiger partial charge in [0, 0.05) is 27.7 Å². The highest BCUT2D eigenvalue weighted by Gasteiger charge is 2.16. The van der Waals surface area contributed by atoms with Crippen LogP contribution in [0.1, 0.15) is 37.7 Å². The number of nitrogens with one attached hydrogen (secondary N) is 1. The van der Waals surface area contributed by atoms with Crippen LogP contribution >= 0.6 is 23.2 Å². The van der Waals surface area contributed by atoms with E-state index in [1.54, 1.807) is 36.6 Å². The van der Waals surface area contributed by atoms with Crippen LogP contribution in [-0.4, -0.2) is 45.4 Å². The molecule has 0 saturated carbocycles. The van der Waals surface area contributed by atoms with Crippen LogP contribution in [0.3, 0.4) is 0 Å². The van der Waals surface area contributed by atoms with Crippen molar-refractivity contribution >= 4 is 47.3 Å². The molecule has 0 aliphatic rings. The number of nitrogens with zero attached hydrogens (tertiary/aromatic N) is 2. The quantitative estimate of drug-likeness (QED) is 0.309. The molecular formula is C23H19Cl2N3O6. The van der Waals surface area contributed by atoms with Crippen molar-refractivity contribution in [3.8, 4) is 11.4 Å². The fourth-order valence-electron chi connectivity index (χ4n) is 3.24. The topological polar surface area (TPSA) is 130 Å². The van der Waals surface area contributed by atoms with Gasteiger partial charge in [-0.05, 0) is 56.3 Å². The maximum absolute atomic E-state index is 12.0. The molecule has 11 heteroatoms. The van der Waals surface area contributed by atoms with Gasteiger partial charge in [-0.3, -0.25) is 4.79 Å². The van der Waals surface area contributed by atoms with Crippen molar-refractivity contribution in [3.63, 3.8) is 0 Å². The number of carboxylic acids is 2. The maximum Gasteiger partial charge on any atom is 0.335 e. The van der Waals surface area contributed by atoms with Crippen molar-refractivity contribution in [2.24, 2.45) is 5.10 Å². The smallest absolute Gasteiger partial charge is 0.335 e. The summed E-state index contributed by atoms with van der Waals surface area (Å²) in [4.78, 5) is 34.9. The lowest BCUT2D eigenvalue weighted by molar-refractivity contribution is -0.123. The van der Waals surface area contributed by atoms with Gasteiger partial charge in [-0.25, -0.2) is 15.0 Å². The first-order valence-electron chi connectivity index (χ1n) is 9.77. The molecule has 3 N–H and O–H groups in total. The average Bonchev–Trinajstić information content (AvgIpc) is 3.05. The van der Waals surface area contributed by atoms with Crippen molar-refractivity contribution in [1.29, 1.82) is 0 Å². The molecule has 1 aromatic heterocycles. The molecule has 0 atom stereocenters. The fourth-order valence-corrected chi connectivity index (χ4v) is 3.71. The number of aryl methyl sites for hydroxylation is 1. The van der Waals surface area contributed by atoms with Gasteiger partial charge >= 0.3 is 11.9 Å². The minimum absolute atomic E-state index is 0.148. The average molecular weight is 504 g/mol. The maximum atomic E-state index is 12.0. The molecule has 2 aromatic carbocycles. The van der Waals surface area contributed by atoms with Gasteiger partial charge in [-0.2, -0.15) is 5.10 Å². The summed E-state index contributed by atoms with van der Waals surface area (Å²) in [6, 6.07) is 10.3. The second-order valence-electron chi connectivity index (χ2n) is 7.20.